The predicted molar refractivity (Wildman–Crippen MR) is 149 cm³/mol. The van der Waals surface area contributed by atoms with Gasteiger partial charge in [0.05, 0.1) is 19.8 Å². The minimum atomic E-state index is -1.87. The quantitative estimate of drug-likeness (QED) is 0.113. The van der Waals surface area contributed by atoms with E-state index in [1.165, 1.54) is 44.9 Å². The summed E-state index contributed by atoms with van der Waals surface area (Å²) in [5.74, 6) is 0.853. The van der Waals surface area contributed by atoms with E-state index in [1.54, 1.807) is 4.90 Å². The average Bonchev–Trinajstić information content (AvgIpc) is 2.80. The minimum absolute atomic E-state index is 0.0128. The first kappa shape index (κ1) is 31.4. The van der Waals surface area contributed by atoms with Crippen molar-refractivity contribution < 1.29 is 18.8 Å². The molecule has 0 fully saturated rings. The van der Waals surface area contributed by atoms with E-state index in [9.17, 15) is 9.59 Å². The fourth-order valence-corrected chi connectivity index (χ4v) is 4.70. The van der Waals surface area contributed by atoms with Crippen molar-refractivity contribution in [2.24, 2.45) is 0 Å². The molecule has 0 bridgehead atoms. The maximum atomic E-state index is 12.8. The van der Waals surface area contributed by atoms with Crippen LogP contribution in [0.25, 0.3) is 0 Å². The molecule has 35 heavy (non-hydrogen) atoms. The van der Waals surface area contributed by atoms with Crippen LogP contribution in [0.3, 0.4) is 0 Å². The number of carbonyl (C=O) groups excluding carboxylic acids is 2. The Kier molecular flexibility index (Phi) is 15.2. The molecule has 0 heterocycles. The summed E-state index contributed by atoms with van der Waals surface area (Å²) in [4.78, 5) is 25.5. The maximum Gasteiger partial charge on any atom is 0.223 e. The Labute approximate surface area is 216 Å². The molecular formula is C29H51NO4Si. The number of unbranched alkanes of at least 4 members (excludes halogenated alkanes) is 7. The second-order valence-electron chi connectivity index (χ2n) is 11.1. The molecule has 200 valence electrons. The lowest BCUT2D eigenvalue weighted by molar-refractivity contribution is -0.133. The van der Waals surface area contributed by atoms with Crippen molar-refractivity contribution in [1.82, 2.24) is 4.90 Å². The van der Waals surface area contributed by atoms with Gasteiger partial charge in [-0.05, 0) is 48.7 Å². The third kappa shape index (κ3) is 13.3. The lowest BCUT2D eigenvalue weighted by atomic mass is 10.1. The van der Waals surface area contributed by atoms with Gasteiger partial charge in [-0.25, -0.2) is 0 Å². The van der Waals surface area contributed by atoms with Gasteiger partial charge in [-0.3, -0.25) is 4.79 Å². The standard InChI is InChI=1S/C29H51NO4Si/c1-7-8-9-10-11-12-13-14-23-33-27-17-15-16-26(25-27)18-19-28(32)30(20-22-31)21-24-34-35(5,6)29(2,3)4/h15-17,22,25H,7-14,18-21,23-24H2,1-6H3. The van der Waals surface area contributed by atoms with Gasteiger partial charge in [-0.2, -0.15) is 0 Å². The highest BCUT2D eigenvalue weighted by Crippen LogP contribution is 2.36. The van der Waals surface area contributed by atoms with Crippen LogP contribution in [0.1, 0.15) is 91.0 Å². The zero-order chi connectivity index (χ0) is 26.2. The highest BCUT2D eigenvalue weighted by Gasteiger charge is 2.37. The Morgan fingerprint density at radius 3 is 2.29 bits per heavy atom. The van der Waals surface area contributed by atoms with Crippen LogP contribution in [0.5, 0.6) is 5.75 Å². The van der Waals surface area contributed by atoms with Crippen molar-refractivity contribution in [3.8, 4) is 5.75 Å². The first-order chi connectivity index (χ1) is 16.6. The summed E-state index contributed by atoms with van der Waals surface area (Å²) in [5, 5.41) is 0.119. The van der Waals surface area contributed by atoms with Crippen LogP contribution in [0.4, 0.5) is 0 Å². The maximum absolute atomic E-state index is 12.8. The molecule has 1 rings (SSSR count). The fourth-order valence-electron chi connectivity index (χ4n) is 3.66. The molecule has 0 aliphatic heterocycles. The number of rotatable bonds is 19. The molecule has 0 aliphatic rings. The summed E-state index contributed by atoms with van der Waals surface area (Å²) >= 11 is 0. The van der Waals surface area contributed by atoms with Gasteiger partial charge in [0.2, 0.25) is 5.91 Å². The molecule has 0 spiro atoms. The Balaban J connectivity index is 2.40. The monoisotopic (exact) mass is 505 g/mol. The number of carbonyl (C=O) groups is 2. The van der Waals surface area contributed by atoms with E-state index in [-0.39, 0.29) is 17.5 Å². The van der Waals surface area contributed by atoms with Gasteiger partial charge in [-0.15, -0.1) is 0 Å². The Morgan fingerprint density at radius 1 is 1.00 bits per heavy atom. The molecule has 0 saturated heterocycles. The van der Waals surface area contributed by atoms with Gasteiger partial charge in [0.15, 0.2) is 8.32 Å². The van der Waals surface area contributed by atoms with Crippen LogP contribution < -0.4 is 4.74 Å². The number of ether oxygens (including phenoxy) is 1. The molecule has 0 unspecified atom stereocenters. The van der Waals surface area contributed by atoms with Gasteiger partial charge in [0, 0.05) is 13.0 Å². The Bertz CT molecular complexity index is 730. The number of hydrogen-bond acceptors (Lipinski definition) is 4. The molecule has 0 aromatic heterocycles. The lowest BCUT2D eigenvalue weighted by Crippen LogP contribution is -2.44. The fraction of sp³-hybridized carbons (Fsp3) is 0.724. The van der Waals surface area contributed by atoms with Crippen LogP contribution in [-0.2, 0) is 20.4 Å². The van der Waals surface area contributed by atoms with Gasteiger partial charge in [0.25, 0.3) is 0 Å². The van der Waals surface area contributed by atoms with E-state index in [0.717, 1.165) is 30.6 Å². The molecule has 1 aromatic rings. The summed E-state index contributed by atoms with van der Waals surface area (Å²) in [6.45, 7) is 15.0. The molecule has 0 saturated carbocycles. The predicted octanol–water partition coefficient (Wildman–Crippen LogP) is 7.19. The van der Waals surface area contributed by atoms with Crippen LogP contribution in [0.2, 0.25) is 18.1 Å². The largest absolute Gasteiger partial charge is 0.494 e. The van der Waals surface area contributed by atoms with Crippen LogP contribution >= 0.6 is 0 Å². The Hall–Kier alpha value is -1.66. The van der Waals surface area contributed by atoms with Gasteiger partial charge >= 0.3 is 0 Å². The number of benzene rings is 1. The number of aldehydes is 1. The second kappa shape index (κ2) is 16.9. The zero-order valence-corrected chi connectivity index (χ0v) is 24.4. The normalized spacial score (nSPS) is 11.9. The minimum Gasteiger partial charge on any atom is -0.494 e. The number of amides is 1. The van der Waals surface area contributed by atoms with E-state index >= 15 is 0 Å². The van der Waals surface area contributed by atoms with Gasteiger partial charge in [-0.1, -0.05) is 84.8 Å². The molecule has 1 amide bonds. The van der Waals surface area contributed by atoms with Crippen molar-refractivity contribution in [3.05, 3.63) is 29.8 Å². The number of nitrogens with zero attached hydrogens (tertiary/aromatic N) is 1. The van der Waals surface area contributed by atoms with E-state index in [1.807, 2.05) is 24.3 Å². The summed E-state index contributed by atoms with van der Waals surface area (Å²) in [5.41, 5.74) is 1.08. The van der Waals surface area contributed by atoms with E-state index in [0.29, 0.717) is 26.0 Å². The molecule has 0 radical (unpaired) electrons. The van der Waals surface area contributed by atoms with Crippen molar-refractivity contribution >= 4 is 20.5 Å². The van der Waals surface area contributed by atoms with Crippen LogP contribution in [-0.4, -0.2) is 51.7 Å². The van der Waals surface area contributed by atoms with Crippen LogP contribution in [0.15, 0.2) is 24.3 Å². The third-order valence-corrected chi connectivity index (χ3v) is 11.6. The topological polar surface area (TPSA) is 55.8 Å². The summed E-state index contributed by atoms with van der Waals surface area (Å²) < 4.78 is 12.1. The van der Waals surface area contributed by atoms with E-state index in [4.69, 9.17) is 9.16 Å². The third-order valence-electron chi connectivity index (χ3n) is 7.07. The van der Waals surface area contributed by atoms with E-state index < -0.39 is 8.32 Å². The molecule has 0 atom stereocenters. The number of hydrogen-bond donors (Lipinski definition) is 0. The summed E-state index contributed by atoms with van der Waals surface area (Å²) in [6, 6.07) is 8.02. The van der Waals surface area contributed by atoms with E-state index in [2.05, 4.69) is 40.8 Å². The SMILES string of the molecule is CCCCCCCCCCOc1cccc(CCC(=O)N(CC=O)CCO[Si](C)(C)C(C)(C)C)c1. The molecule has 0 N–H and O–H groups in total. The zero-order valence-electron chi connectivity index (χ0n) is 23.4. The number of aryl methyl sites for hydroxylation is 1. The highest BCUT2D eigenvalue weighted by atomic mass is 28.4. The first-order valence-electron chi connectivity index (χ1n) is 13.7. The highest BCUT2D eigenvalue weighted by molar-refractivity contribution is 6.74. The lowest BCUT2D eigenvalue weighted by Gasteiger charge is -2.36. The molecule has 5 nitrogen and oxygen atoms in total. The molecule has 1 aromatic carbocycles. The van der Waals surface area contributed by atoms with Crippen molar-refractivity contribution in [3.63, 3.8) is 0 Å². The molecule has 6 heteroatoms. The molecular weight excluding hydrogens is 454 g/mol. The Morgan fingerprint density at radius 2 is 1.66 bits per heavy atom. The van der Waals surface area contributed by atoms with Crippen molar-refractivity contribution in [2.75, 3.05) is 26.3 Å². The summed E-state index contributed by atoms with van der Waals surface area (Å²) in [6.07, 6.45) is 12.1. The first-order valence-corrected chi connectivity index (χ1v) is 16.6. The second-order valence-corrected chi connectivity index (χ2v) is 15.9. The smallest absolute Gasteiger partial charge is 0.223 e. The van der Waals surface area contributed by atoms with Gasteiger partial charge < -0.3 is 18.9 Å². The van der Waals surface area contributed by atoms with Crippen LogP contribution in [0, 0.1) is 0 Å². The van der Waals surface area contributed by atoms with Crippen molar-refractivity contribution in [1.29, 1.82) is 0 Å². The average molecular weight is 506 g/mol. The summed E-state index contributed by atoms with van der Waals surface area (Å²) in [7, 11) is -1.87. The van der Waals surface area contributed by atoms with Gasteiger partial charge in [0.1, 0.15) is 12.0 Å². The van der Waals surface area contributed by atoms with Crippen molar-refractivity contribution in [2.45, 2.75) is 110 Å². The molecule has 0 aliphatic carbocycles.